The minimum absolute atomic E-state index is 0.150. The lowest BCUT2D eigenvalue weighted by Crippen LogP contribution is -2.50. The number of benzene rings is 1. The number of ether oxygens (including phenoxy) is 1. The number of anilines is 1. The van der Waals surface area contributed by atoms with Gasteiger partial charge in [-0.3, -0.25) is 9.69 Å². The SMILES string of the molecule is COc1cccc(N2CCN(CC(=O)N[C@H](C)CCCC(C)C)CC2)c1. The van der Waals surface area contributed by atoms with Crippen molar-refractivity contribution in [1.82, 2.24) is 10.2 Å². The maximum Gasteiger partial charge on any atom is 0.234 e. The van der Waals surface area contributed by atoms with Crippen molar-refractivity contribution in [3.63, 3.8) is 0 Å². The molecule has 146 valence electrons. The first kappa shape index (κ1) is 20.6. The van der Waals surface area contributed by atoms with Crippen LogP contribution in [0.4, 0.5) is 5.69 Å². The lowest BCUT2D eigenvalue weighted by molar-refractivity contribution is -0.123. The van der Waals surface area contributed by atoms with E-state index in [4.69, 9.17) is 4.74 Å². The zero-order valence-electron chi connectivity index (χ0n) is 16.8. The van der Waals surface area contributed by atoms with Gasteiger partial charge in [0.2, 0.25) is 5.91 Å². The summed E-state index contributed by atoms with van der Waals surface area (Å²) in [6.07, 6.45) is 3.47. The molecule has 1 heterocycles. The molecule has 1 fully saturated rings. The molecule has 2 rings (SSSR count). The van der Waals surface area contributed by atoms with Crippen molar-refractivity contribution in [2.45, 2.75) is 46.1 Å². The van der Waals surface area contributed by atoms with Gasteiger partial charge in [-0.05, 0) is 31.4 Å². The van der Waals surface area contributed by atoms with Gasteiger partial charge in [0.25, 0.3) is 0 Å². The van der Waals surface area contributed by atoms with Crippen molar-refractivity contribution in [3.05, 3.63) is 24.3 Å². The quantitative estimate of drug-likeness (QED) is 0.734. The molecule has 1 aromatic rings. The molecular formula is C21H35N3O2. The van der Waals surface area contributed by atoms with Gasteiger partial charge in [-0.25, -0.2) is 0 Å². The van der Waals surface area contributed by atoms with Crippen LogP contribution in [0.1, 0.15) is 40.0 Å². The summed E-state index contributed by atoms with van der Waals surface area (Å²) >= 11 is 0. The Labute approximate surface area is 158 Å². The Balaban J connectivity index is 1.70. The van der Waals surface area contributed by atoms with Gasteiger partial charge in [-0.2, -0.15) is 0 Å². The van der Waals surface area contributed by atoms with Crippen LogP contribution in [0, 0.1) is 5.92 Å². The molecule has 5 nitrogen and oxygen atoms in total. The van der Waals surface area contributed by atoms with Crippen LogP contribution in [-0.2, 0) is 4.79 Å². The standard InChI is InChI=1S/C21H35N3O2/c1-17(2)7-5-8-18(3)22-21(25)16-23-11-13-24(14-12-23)19-9-6-10-20(15-19)26-4/h6,9-10,15,17-18H,5,7-8,11-14,16H2,1-4H3,(H,22,25)/t18-/m1/s1. The van der Waals surface area contributed by atoms with Crippen molar-refractivity contribution in [1.29, 1.82) is 0 Å². The van der Waals surface area contributed by atoms with E-state index in [1.807, 2.05) is 12.1 Å². The number of hydrogen-bond acceptors (Lipinski definition) is 4. The summed E-state index contributed by atoms with van der Waals surface area (Å²) in [5.74, 6) is 1.77. The Morgan fingerprint density at radius 1 is 1.15 bits per heavy atom. The monoisotopic (exact) mass is 361 g/mol. The third kappa shape index (κ3) is 6.87. The largest absolute Gasteiger partial charge is 0.497 e. The summed E-state index contributed by atoms with van der Waals surface area (Å²) in [5.41, 5.74) is 1.19. The number of carbonyl (C=O) groups excluding carboxylic acids is 1. The van der Waals surface area contributed by atoms with Crippen molar-refractivity contribution in [2.24, 2.45) is 5.92 Å². The van der Waals surface area contributed by atoms with E-state index in [9.17, 15) is 4.79 Å². The van der Waals surface area contributed by atoms with Gasteiger partial charge in [0.1, 0.15) is 5.75 Å². The first-order valence-electron chi connectivity index (χ1n) is 9.88. The third-order valence-electron chi connectivity index (χ3n) is 4.98. The molecule has 1 N–H and O–H groups in total. The van der Waals surface area contributed by atoms with E-state index >= 15 is 0 Å². The smallest absolute Gasteiger partial charge is 0.234 e. The average molecular weight is 362 g/mol. The minimum atomic E-state index is 0.150. The van der Waals surface area contributed by atoms with Crippen molar-refractivity contribution in [3.8, 4) is 5.75 Å². The molecular weight excluding hydrogens is 326 g/mol. The molecule has 0 saturated carbocycles. The summed E-state index contributed by atoms with van der Waals surface area (Å²) in [7, 11) is 1.69. The Kier molecular flexibility index (Phi) is 8.23. The number of hydrogen-bond donors (Lipinski definition) is 1. The maximum absolute atomic E-state index is 12.3. The van der Waals surface area contributed by atoms with Crippen LogP contribution in [0.25, 0.3) is 0 Å². The first-order valence-corrected chi connectivity index (χ1v) is 9.88. The molecule has 26 heavy (non-hydrogen) atoms. The highest BCUT2D eigenvalue weighted by molar-refractivity contribution is 5.78. The van der Waals surface area contributed by atoms with E-state index in [0.29, 0.717) is 6.54 Å². The molecule has 0 radical (unpaired) electrons. The number of rotatable bonds is 9. The fraction of sp³-hybridized carbons (Fsp3) is 0.667. The maximum atomic E-state index is 12.3. The highest BCUT2D eigenvalue weighted by Crippen LogP contribution is 2.22. The number of amides is 1. The Hall–Kier alpha value is -1.75. The molecule has 0 aliphatic carbocycles. The average Bonchev–Trinajstić information content (AvgIpc) is 2.62. The predicted octanol–water partition coefficient (Wildman–Crippen LogP) is 3.15. The van der Waals surface area contributed by atoms with Crippen LogP contribution in [0.3, 0.4) is 0 Å². The lowest BCUT2D eigenvalue weighted by Gasteiger charge is -2.36. The van der Waals surface area contributed by atoms with Gasteiger partial charge in [0, 0.05) is 44.0 Å². The molecule has 5 heteroatoms. The summed E-state index contributed by atoms with van der Waals surface area (Å²) in [6, 6.07) is 8.44. The topological polar surface area (TPSA) is 44.8 Å². The van der Waals surface area contributed by atoms with Crippen LogP contribution >= 0.6 is 0 Å². The van der Waals surface area contributed by atoms with E-state index in [-0.39, 0.29) is 11.9 Å². The fourth-order valence-electron chi connectivity index (χ4n) is 3.40. The molecule has 1 amide bonds. The van der Waals surface area contributed by atoms with Gasteiger partial charge >= 0.3 is 0 Å². The van der Waals surface area contributed by atoms with Crippen LogP contribution < -0.4 is 15.0 Å². The molecule has 1 saturated heterocycles. The van der Waals surface area contributed by atoms with E-state index in [1.54, 1.807) is 7.11 Å². The normalized spacial score (nSPS) is 16.6. The minimum Gasteiger partial charge on any atom is -0.497 e. The molecule has 1 aromatic carbocycles. The van der Waals surface area contributed by atoms with Gasteiger partial charge in [0.05, 0.1) is 13.7 Å². The second kappa shape index (κ2) is 10.4. The van der Waals surface area contributed by atoms with Crippen molar-refractivity contribution < 1.29 is 9.53 Å². The second-order valence-corrected chi connectivity index (χ2v) is 7.76. The summed E-state index contributed by atoms with van der Waals surface area (Å²) in [4.78, 5) is 16.9. The van der Waals surface area contributed by atoms with Crippen molar-refractivity contribution in [2.75, 3.05) is 44.7 Å². The van der Waals surface area contributed by atoms with Crippen LogP contribution in [0.15, 0.2) is 24.3 Å². The molecule has 1 atom stereocenters. The molecule has 0 spiro atoms. The molecule has 1 aliphatic heterocycles. The predicted molar refractivity (Wildman–Crippen MR) is 108 cm³/mol. The Morgan fingerprint density at radius 3 is 2.54 bits per heavy atom. The fourth-order valence-corrected chi connectivity index (χ4v) is 3.40. The number of carbonyl (C=O) groups is 1. The first-order chi connectivity index (χ1) is 12.5. The summed E-state index contributed by atoms with van der Waals surface area (Å²) < 4.78 is 5.31. The Bertz CT molecular complexity index is 554. The van der Waals surface area contributed by atoms with Crippen LogP contribution in [0.2, 0.25) is 0 Å². The zero-order chi connectivity index (χ0) is 18.9. The number of methoxy groups -OCH3 is 1. The highest BCUT2D eigenvalue weighted by Gasteiger charge is 2.20. The van der Waals surface area contributed by atoms with Crippen LogP contribution in [-0.4, -0.2) is 56.7 Å². The molecule has 0 aromatic heterocycles. The number of nitrogens with one attached hydrogen (secondary N) is 1. The zero-order valence-corrected chi connectivity index (χ0v) is 16.8. The molecule has 0 bridgehead atoms. The summed E-state index contributed by atoms with van der Waals surface area (Å²) in [6.45, 7) is 10.8. The van der Waals surface area contributed by atoms with Gasteiger partial charge in [-0.1, -0.05) is 32.8 Å². The molecule has 0 unspecified atom stereocenters. The Morgan fingerprint density at radius 2 is 1.88 bits per heavy atom. The summed E-state index contributed by atoms with van der Waals surface area (Å²) in [5, 5.41) is 3.15. The highest BCUT2D eigenvalue weighted by atomic mass is 16.5. The van der Waals surface area contributed by atoms with Crippen molar-refractivity contribution >= 4 is 11.6 Å². The third-order valence-corrected chi connectivity index (χ3v) is 4.98. The second-order valence-electron chi connectivity index (χ2n) is 7.76. The van der Waals surface area contributed by atoms with Gasteiger partial charge in [-0.15, -0.1) is 0 Å². The number of nitrogens with zero attached hydrogens (tertiary/aromatic N) is 2. The van der Waals surface area contributed by atoms with Gasteiger partial charge in [0.15, 0.2) is 0 Å². The van der Waals surface area contributed by atoms with E-state index in [0.717, 1.165) is 44.3 Å². The van der Waals surface area contributed by atoms with E-state index in [1.165, 1.54) is 18.5 Å². The lowest BCUT2D eigenvalue weighted by atomic mass is 10.0. The van der Waals surface area contributed by atoms with E-state index < -0.39 is 0 Å². The van der Waals surface area contributed by atoms with Gasteiger partial charge < -0.3 is 15.0 Å². The van der Waals surface area contributed by atoms with E-state index in [2.05, 4.69) is 48.0 Å². The number of piperazine rings is 1. The molecule has 1 aliphatic rings. The van der Waals surface area contributed by atoms with Crippen LogP contribution in [0.5, 0.6) is 5.75 Å².